The van der Waals surface area contributed by atoms with Crippen molar-refractivity contribution in [3.8, 4) is 0 Å². The average Bonchev–Trinajstić information content (AvgIpc) is 2.81. The Balaban J connectivity index is 1.98. The van der Waals surface area contributed by atoms with Crippen LogP contribution < -0.4 is 0 Å². The van der Waals surface area contributed by atoms with Crippen molar-refractivity contribution in [2.45, 2.75) is 63.7 Å². The van der Waals surface area contributed by atoms with Gasteiger partial charge in [-0.2, -0.15) is 5.10 Å². The zero-order valence-electron chi connectivity index (χ0n) is 11.5. The summed E-state index contributed by atoms with van der Waals surface area (Å²) in [6, 6.07) is 0. The van der Waals surface area contributed by atoms with Gasteiger partial charge in [0.05, 0.1) is 0 Å². The second kappa shape index (κ2) is 6.69. The molecule has 0 aliphatic heterocycles. The van der Waals surface area contributed by atoms with E-state index in [9.17, 15) is 0 Å². The molecule has 0 saturated heterocycles. The number of aromatic nitrogens is 3. The molecule has 0 spiro atoms. The van der Waals surface area contributed by atoms with Crippen LogP contribution in [0.25, 0.3) is 0 Å². The molecule has 1 aromatic rings. The molecule has 1 heterocycles. The number of alkyl halides is 1. The Kier molecular flexibility index (Phi) is 5.22. The molecule has 0 radical (unpaired) electrons. The third-order valence-electron chi connectivity index (χ3n) is 4.14. The van der Waals surface area contributed by atoms with Gasteiger partial charge in [0.1, 0.15) is 12.2 Å². The van der Waals surface area contributed by atoms with E-state index in [-0.39, 0.29) is 0 Å². The Labute approximate surface area is 118 Å². The van der Waals surface area contributed by atoms with Crippen LogP contribution in [0.4, 0.5) is 0 Å². The number of halogens is 1. The zero-order chi connectivity index (χ0) is 13.0. The normalized spacial score (nSPS) is 28.5. The van der Waals surface area contributed by atoms with Crippen molar-refractivity contribution in [3.05, 3.63) is 12.2 Å². The highest BCUT2D eigenvalue weighted by Crippen LogP contribution is 2.37. The van der Waals surface area contributed by atoms with Gasteiger partial charge in [-0.25, -0.2) is 4.98 Å². The topological polar surface area (TPSA) is 30.7 Å². The molecular weight excluding hydrogens is 290 g/mol. The first-order valence-corrected chi connectivity index (χ1v) is 8.16. The molecule has 0 amide bonds. The molecule has 1 aliphatic carbocycles. The predicted molar refractivity (Wildman–Crippen MR) is 77.9 cm³/mol. The summed E-state index contributed by atoms with van der Waals surface area (Å²) in [4.78, 5) is 5.08. The van der Waals surface area contributed by atoms with Crippen molar-refractivity contribution < 1.29 is 0 Å². The molecule has 2 rings (SSSR count). The maximum Gasteiger partial charge on any atom is 0.138 e. The Morgan fingerprint density at radius 2 is 2.22 bits per heavy atom. The molecule has 0 aromatic carbocycles. The highest BCUT2D eigenvalue weighted by atomic mass is 79.9. The second-order valence-corrected chi connectivity index (χ2v) is 6.62. The lowest BCUT2D eigenvalue weighted by molar-refractivity contribution is 0.258. The van der Waals surface area contributed by atoms with Crippen molar-refractivity contribution in [1.82, 2.24) is 14.8 Å². The van der Waals surface area contributed by atoms with E-state index in [0.29, 0.717) is 4.83 Å². The van der Waals surface area contributed by atoms with Crippen LogP contribution in [-0.2, 0) is 13.0 Å². The van der Waals surface area contributed by atoms with Gasteiger partial charge < -0.3 is 0 Å². The van der Waals surface area contributed by atoms with Gasteiger partial charge in [0, 0.05) is 17.8 Å². The van der Waals surface area contributed by atoms with Gasteiger partial charge in [-0.3, -0.25) is 4.68 Å². The quantitative estimate of drug-likeness (QED) is 0.774. The first kappa shape index (κ1) is 14.0. The molecule has 1 fully saturated rings. The van der Waals surface area contributed by atoms with Crippen LogP contribution in [0, 0.1) is 11.8 Å². The van der Waals surface area contributed by atoms with Crippen molar-refractivity contribution in [1.29, 1.82) is 0 Å². The fourth-order valence-electron chi connectivity index (χ4n) is 3.15. The van der Waals surface area contributed by atoms with Crippen LogP contribution in [0.1, 0.15) is 51.8 Å². The van der Waals surface area contributed by atoms with Crippen molar-refractivity contribution >= 4 is 15.9 Å². The highest BCUT2D eigenvalue weighted by Gasteiger charge is 2.29. The van der Waals surface area contributed by atoms with Crippen LogP contribution >= 0.6 is 15.9 Å². The molecule has 4 heteroatoms. The fraction of sp³-hybridized carbons (Fsp3) is 0.857. The number of rotatable bonds is 5. The third-order valence-corrected chi connectivity index (χ3v) is 5.34. The van der Waals surface area contributed by atoms with Gasteiger partial charge in [-0.05, 0) is 38.0 Å². The lowest BCUT2D eigenvalue weighted by Gasteiger charge is -2.33. The van der Waals surface area contributed by atoms with Crippen LogP contribution in [0.15, 0.2) is 6.33 Å². The number of aryl methyl sites for hydroxylation is 1. The first-order valence-electron chi connectivity index (χ1n) is 7.25. The Morgan fingerprint density at radius 3 is 2.94 bits per heavy atom. The van der Waals surface area contributed by atoms with E-state index in [2.05, 4.69) is 39.9 Å². The predicted octanol–water partition coefficient (Wildman–Crippen LogP) is 3.82. The standard InChI is InChI=1S/C14H24BrN3/c1-3-5-11-6-7-13(15)12(8-11)9-14-16-10-17-18(14)4-2/h10-13H,3-9H2,1-2H3. The maximum absolute atomic E-state index is 4.42. The van der Waals surface area contributed by atoms with Crippen LogP contribution in [0.5, 0.6) is 0 Å². The average molecular weight is 314 g/mol. The number of hydrogen-bond donors (Lipinski definition) is 0. The first-order chi connectivity index (χ1) is 8.74. The summed E-state index contributed by atoms with van der Waals surface area (Å²) in [7, 11) is 0. The van der Waals surface area contributed by atoms with Crippen LogP contribution in [-0.4, -0.2) is 19.6 Å². The summed E-state index contributed by atoms with van der Waals surface area (Å²) >= 11 is 3.87. The van der Waals surface area contributed by atoms with Crippen LogP contribution in [0.2, 0.25) is 0 Å². The van der Waals surface area contributed by atoms with E-state index in [1.807, 2.05) is 4.68 Å². The molecule has 102 valence electrons. The van der Waals surface area contributed by atoms with Gasteiger partial charge in [-0.15, -0.1) is 0 Å². The Morgan fingerprint density at radius 1 is 1.39 bits per heavy atom. The van der Waals surface area contributed by atoms with Gasteiger partial charge in [0.25, 0.3) is 0 Å². The molecule has 3 atom stereocenters. The summed E-state index contributed by atoms with van der Waals surface area (Å²) in [6.07, 6.45) is 9.52. The minimum Gasteiger partial charge on any atom is -0.250 e. The zero-order valence-corrected chi connectivity index (χ0v) is 13.1. The maximum atomic E-state index is 4.42. The van der Waals surface area contributed by atoms with E-state index >= 15 is 0 Å². The molecule has 18 heavy (non-hydrogen) atoms. The van der Waals surface area contributed by atoms with Gasteiger partial charge in [0.15, 0.2) is 0 Å². The smallest absolute Gasteiger partial charge is 0.138 e. The molecule has 1 aliphatic rings. The van der Waals surface area contributed by atoms with E-state index in [1.54, 1.807) is 6.33 Å². The van der Waals surface area contributed by atoms with Crippen molar-refractivity contribution in [2.24, 2.45) is 11.8 Å². The van der Waals surface area contributed by atoms with E-state index in [4.69, 9.17) is 0 Å². The summed E-state index contributed by atoms with van der Waals surface area (Å²) in [6.45, 7) is 5.35. The summed E-state index contributed by atoms with van der Waals surface area (Å²) in [5.74, 6) is 2.81. The largest absolute Gasteiger partial charge is 0.250 e. The second-order valence-electron chi connectivity index (χ2n) is 5.44. The van der Waals surface area contributed by atoms with Crippen molar-refractivity contribution in [3.63, 3.8) is 0 Å². The van der Waals surface area contributed by atoms with Gasteiger partial charge >= 0.3 is 0 Å². The third kappa shape index (κ3) is 3.34. The molecule has 0 bridgehead atoms. The molecule has 3 unspecified atom stereocenters. The van der Waals surface area contributed by atoms with Crippen LogP contribution in [0.3, 0.4) is 0 Å². The molecule has 3 nitrogen and oxygen atoms in total. The van der Waals surface area contributed by atoms with Gasteiger partial charge in [0.2, 0.25) is 0 Å². The summed E-state index contributed by atoms with van der Waals surface area (Å²) in [5, 5.41) is 4.27. The summed E-state index contributed by atoms with van der Waals surface area (Å²) < 4.78 is 2.03. The Bertz CT molecular complexity index is 364. The number of hydrogen-bond acceptors (Lipinski definition) is 2. The minimum absolute atomic E-state index is 0.660. The SMILES string of the molecule is CCCC1CCC(Br)C(Cc2ncnn2CC)C1. The lowest BCUT2D eigenvalue weighted by atomic mass is 9.78. The van der Waals surface area contributed by atoms with E-state index in [1.165, 1.54) is 32.1 Å². The highest BCUT2D eigenvalue weighted by molar-refractivity contribution is 9.09. The molecule has 1 aromatic heterocycles. The monoisotopic (exact) mass is 313 g/mol. The lowest BCUT2D eigenvalue weighted by Crippen LogP contribution is -2.28. The minimum atomic E-state index is 0.660. The van der Waals surface area contributed by atoms with E-state index < -0.39 is 0 Å². The van der Waals surface area contributed by atoms with E-state index in [0.717, 1.165) is 30.6 Å². The van der Waals surface area contributed by atoms with Gasteiger partial charge in [-0.1, -0.05) is 35.7 Å². The molecule has 0 N–H and O–H groups in total. The fourth-order valence-corrected chi connectivity index (χ4v) is 3.82. The number of nitrogens with zero attached hydrogens (tertiary/aromatic N) is 3. The Hall–Kier alpha value is -0.380. The molecular formula is C14H24BrN3. The van der Waals surface area contributed by atoms with Crippen molar-refractivity contribution in [2.75, 3.05) is 0 Å². The summed E-state index contributed by atoms with van der Waals surface area (Å²) in [5.41, 5.74) is 0. The molecule has 1 saturated carbocycles.